The molecule has 1 fully saturated rings. The zero-order valence-electron chi connectivity index (χ0n) is 15.8. The molecule has 0 unspecified atom stereocenters. The van der Waals surface area contributed by atoms with Crippen molar-refractivity contribution in [2.24, 2.45) is 0 Å². The Morgan fingerprint density at radius 2 is 1.97 bits per heavy atom. The van der Waals surface area contributed by atoms with Crippen molar-refractivity contribution >= 4 is 16.6 Å². The molecule has 1 aliphatic rings. The molecule has 0 spiro atoms. The number of alkyl halides is 3. The molecular formula is C20H19F3N4O2. The maximum atomic E-state index is 12.9. The first-order valence-corrected chi connectivity index (χ1v) is 9.08. The fourth-order valence-corrected chi connectivity index (χ4v) is 3.51. The van der Waals surface area contributed by atoms with E-state index in [9.17, 15) is 18.3 Å². The third-order valence-electron chi connectivity index (χ3n) is 5.19. The highest BCUT2D eigenvalue weighted by Gasteiger charge is 2.36. The van der Waals surface area contributed by atoms with Crippen LogP contribution in [0, 0.1) is 0 Å². The Balaban J connectivity index is 1.78. The second kappa shape index (κ2) is 6.84. The lowest BCUT2D eigenvalue weighted by molar-refractivity contribution is -0.137. The highest BCUT2D eigenvalue weighted by Crippen LogP contribution is 2.39. The predicted molar refractivity (Wildman–Crippen MR) is 101 cm³/mol. The smallest absolute Gasteiger partial charge is 0.416 e. The van der Waals surface area contributed by atoms with Gasteiger partial charge in [0.2, 0.25) is 0 Å². The zero-order chi connectivity index (χ0) is 20.8. The first kappa shape index (κ1) is 19.4. The Morgan fingerprint density at radius 3 is 2.62 bits per heavy atom. The van der Waals surface area contributed by atoms with Gasteiger partial charge in [0.25, 0.3) is 0 Å². The zero-order valence-corrected chi connectivity index (χ0v) is 15.8. The van der Waals surface area contributed by atoms with Crippen LogP contribution in [0.2, 0.25) is 0 Å². The average molecular weight is 404 g/mol. The molecule has 3 heterocycles. The molecule has 29 heavy (non-hydrogen) atoms. The van der Waals surface area contributed by atoms with Crippen molar-refractivity contribution in [3.05, 3.63) is 42.2 Å². The summed E-state index contributed by atoms with van der Waals surface area (Å²) in [5.74, 6) is -0.00917. The molecule has 0 bridgehead atoms. The molecule has 0 saturated carbocycles. The number of ether oxygens (including phenoxy) is 1. The van der Waals surface area contributed by atoms with E-state index < -0.39 is 17.5 Å². The van der Waals surface area contributed by atoms with Crippen molar-refractivity contribution in [1.82, 2.24) is 15.2 Å². The van der Waals surface area contributed by atoms with Crippen LogP contribution >= 0.6 is 0 Å². The van der Waals surface area contributed by atoms with Gasteiger partial charge in [-0.1, -0.05) is 0 Å². The third-order valence-corrected chi connectivity index (χ3v) is 5.19. The summed E-state index contributed by atoms with van der Waals surface area (Å²) in [5, 5.41) is 23.3. The lowest BCUT2D eigenvalue weighted by atomic mass is 9.98. The summed E-state index contributed by atoms with van der Waals surface area (Å²) in [6.07, 6.45) is -0.573. The minimum absolute atomic E-state index is 0.0190. The summed E-state index contributed by atoms with van der Waals surface area (Å²) in [4.78, 5) is 4.14. The number of halogens is 3. The van der Waals surface area contributed by atoms with Gasteiger partial charge in [0.15, 0.2) is 5.82 Å². The van der Waals surface area contributed by atoms with E-state index in [1.165, 1.54) is 6.07 Å². The number of phenolic OH excluding ortho intramolecular Hbond substituents is 1. The molecule has 2 aromatic heterocycles. The summed E-state index contributed by atoms with van der Waals surface area (Å²) in [5.41, 5.74) is -0.862. The van der Waals surface area contributed by atoms with Gasteiger partial charge in [-0.3, -0.25) is 4.98 Å². The monoisotopic (exact) mass is 404 g/mol. The maximum Gasteiger partial charge on any atom is 0.416 e. The molecule has 0 aliphatic carbocycles. The standard InChI is InChI=1S/C20H19F3N4O2/c1-19(2)16(6-8-29-19)25-18-14-10-24-7-5-12(14)17(26-27-18)13-4-3-11(9-15(13)28)20(21,22)23/h3-5,7,9-10,16,28H,6,8H2,1-2H3,(H,25,27)/t16-/m0/s1. The molecule has 1 aliphatic heterocycles. The summed E-state index contributed by atoms with van der Waals surface area (Å²) in [6.45, 7) is 4.60. The molecule has 6 nitrogen and oxygen atoms in total. The van der Waals surface area contributed by atoms with Gasteiger partial charge >= 0.3 is 6.18 Å². The van der Waals surface area contributed by atoms with E-state index in [0.717, 1.165) is 12.5 Å². The van der Waals surface area contributed by atoms with Gasteiger partial charge in [0.05, 0.1) is 17.2 Å². The molecule has 1 atom stereocenters. The van der Waals surface area contributed by atoms with Crippen LogP contribution in [-0.4, -0.2) is 38.5 Å². The number of nitrogens with zero attached hydrogens (tertiary/aromatic N) is 3. The van der Waals surface area contributed by atoms with Crippen LogP contribution in [0.5, 0.6) is 5.75 Å². The van der Waals surface area contributed by atoms with E-state index in [1.54, 1.807) is 18.5 Å². The number of phenols is 1. The molecule has 0 amide bonds. The van der Waals surface area contributed by atoms with Crippen LogP contribution in [0.25, 0.3) is 22.0 Å². The molecule has 1 aromatic carbocycles. The van der Waals surface area contributed by atoms with E-state index in [2.05, 4.69) is 20.5 Å². The molecule has 4 rings (SSSR count). The minimum atomic E-state index is -4.54. The number of nitrogens with one attached hydrogen (secondary N) is 1. The Hall–Kier alpha value is -2.94. The lowest BCUT2D eigenvalue weighted by Gasteiger charge is -2.27. The fourth-order valence-electron chi connectivity index (χ4n) is 3.51. The van der Waals surface area contributed by atoms with Crippen molar-refractivity contribution in [3.8, 4) is 17.0 Å². The molecule has 152 valence electrons. The third kappa shape index (κ3) is 3.57. The Kier molecular flexibility index (Phi) is 4.57. The highest BCUT2D eigenvalue weighted by molar-refractivity contribution is 6.00. The van der Waals surface area contributed by atoms with Crippen molar-refractivity contribution in [2.75, 3.05) is 11.9 Å². The SMILES string of the molecule is CC1(C)OCC[C@@H]1Nc1nnc(-c2ccc(C(F)(F)F)cc2O)c2ccncc12. The Labute approximate surface area is 164 Å². The van der Waals surface area contributed by atoms with Crippen LogP contribution in [0.3, 0.4) is 0 Å². The summed E-state index contributed by atoms with van der Waals surface area (Å²) >= 11 is 0. The van der Waals surface area contributed by atoms with E-state index in [0.29, 0.717) is 29.3 Å². The van der Waals surface area contributed by atoms with Crippen LogP contribution in [-0.2, 0) is 10.9 Å². The maximum absolute atomic E-state index is 12.9. The molecule has 3 aromatic rings. The number of hydrogen-bond acceptors (Lipinski definition) is 6. The van der Waals surface area contributed by atoms with Gasteiger partial charge < -0.3 is 15.2 Å². The fraction of sp³-hybridized carbons (Fsp3) is 0.350. The second-order valence-electron chi connectivity index (χ2n) is 7.49. The Bertz CT molecular complexity index is 1070. The number of rotatable bonds is 3. The average Bonchev–Trinajstić information content (AvgIpc) is 2.99. The summed E-state index contributed by atoms with van der Waals surface area (Å²) in [6, 6.07) is 4.51. The molecular weight excluding hydrogens is 385 g/mol. The van der Waals surface area contributed by atoms with E-state index in [1.807, 2.05) is 13.8 Å². The molecule has 2 N–H and O–H groups in total. The molecule has 9 heteroatoms. The summed E-state index contributed by atoms with van der Waals surface area (Å²) < 4.78 is 44.4. The minimum Gasteiger partial charge on any atom is -0.507 e. The van der Waals surface area contributed by atoms with Crippen LogP contribution in [0.15, 0.2) is 36.7 Å². The van der Waals surface area contributed by atoms with Gasteiger partial charge in [-0.15, -0.1) is 10.2 Å². The first-order chi connectivity index (χ1) is 13.7. The number of hydrogen-bond donors (Lipinski definition) is 2. The van der Waals surface area contributed by atoms with E-state index in [4.69, 9.17) is 4.74 Å². The van der Waals surface area contributed by atoms with Crippen molar-refractivity contribution in [1.29, 1.82) is 0 Å². The number of fused-ring (bicyclic) bond motifs is 1. The van der Waals surface area contributed by atoms with Gasteiger partial charge in [-0.25, -0.2) is 0 Å². The first-order valence-electron chi connectivity index (χ1n) is 9.08. The van der Waals surface area contributed by atoms with E-state index in [-0.39, 0.29) is 22.9 Å². The predicted octanol–water partition coefficient (Wildman–Crippen LogP) is 4.40. The van der Waals surface area contributed by atoms with Crippen LogP contribution < -0.4 is 5.32 Å². The number of pyridine rings is 1. The van der Waals surface area contributed by atoms with E-state index >= 15 is 0 Å². The highest BCUT2D eigenvalue weighted by atomic mass is 19.4. The number of aromatic nitrogens is 3. The van der Waals surface area contributed by atoms with Crippen molar-refractivity contribution < 1.29 is 23.0 Å². The molecule has 0 radical (unpaired) electrons. The van der Waals surface area contributed by atoms with Gasteiger partial charge in [-0.2, -0.15) is 13.2 Å². The topological polar surface area (TPSA) is 80.2 Å². The van der Waals surface area contributed by atoms with Gasteiger partial charge in [0, 0.05) is 35.3 Å². The van der Waals surface area contributed by atoms with Crippen molar-refractivity contribution in [3.63, 3.8) is 0 Å². The van der Waals surface area contributed by atoms with Crippen LogP contribution in [0.4, 0.5) is 19.0 Å². The second-order valence-corrected chi connectivity index (χ2v) is 7.49. The van der Waals surface area contributed by atoms with Crippen molar-refractivity contribution in [2.45, 2.75) is 38.1 Å². The number of aromatic hydroxyl groups is 1. The quantitative estimate of drug-likeness (QED) is 0.674. The van der Waals surface area contributed by atoms with Gasteiger partial charge in [0.1, 0.15) is 11.4 Å². The number of anilines is 1. The normalized spacial score (nSPS) is 18.9. The largest absolute Gasteiger partial charge is 0.507 e. The summed E-state index contributed by atoms with van der Waals surface area (Å²) in [7, 11) is 0. The molecule has 1 saturated heterocycles. The Morgan fingerprint density at radius 1 is 1.17 bits per heavy atom. The lowest BCUT2D eigenvalue weighted by Crippen LogP contribution is -2.38. The van der Waals surface area contributed by atoms with Gasteiger partial charge in [-0.05, 0) is 44.5 Å². The van der Waals surface area contributed by atoms with Crippen LogP contribution in [0.1, 0.15) is 25.8 Å². The number of benzene rings is 1.